The van der Waals surface area contributed by atoms with E-state index in [0.29, 0.717) is 24.4 Å². The molecule has 0 radical (unpaired) electrons. The molecular weight excluding hydrogens is 462 g/mol. The molecule has 1 aromatic heterocycles. The van der Waals surface area contributed by atoms with Gasteiger partial charge in [0.25, 0.3) is 5.91 Å². The third-order valence-corrected chi connectivity index (χ3v) is 8.66. The summed E-state index contributed by atoms with van der Waals surface area (Å²) in [5.74, 6) is -0.689. The van der Waals surface area contributed by atoms with E-state index in [9.17, 15) is 9.59 Å². The highest BCUT2D eigenvalue weighted by Crippen LogP contribution is 2.31. The molecule has 0 atom stereocenters. The maximum Gasteiger partial charge on any atom is 0.252 e. The molecule has 8 nitrogen and oxygen atoms in total. The zero-order valence-electron chi connectivity index (χ0n) is 20.2. The quantitative estimate of drug-likeness (QED) is 0.636. The third kappa shape index (κ3) is 5.37. The van der Waals surface area contributed by atoms with E-state index in [2.05, 4.69) is 20.5 Å². The summed E-state index contributed by atoms with van der Waals surface area (Å²) in [4.78, 5) is 34.8. The number of benzene rings is 1. The number of hydrogen-bond donors (Lipinski definition) is 2. The van der Waals surface area contributed by atoms with Crippen molar-refractivity contribution in [2.45, 2.75) is 56.5 Å². The fourth-order valence-electron chi connectivity index (χ4n) is 5.58. The first-order valence-electron chi connectivity index (χ1n) is 12.8. The van der Waals surface area contributed by atoms with Crippen LogP contribution in [0.1, 0.15) is 55.3 Å². The smallest absolute Gasteiger partial charge is 0.252 e. The zero-order chi connectivity index (χ0) is 24.3. The number of nitrogens with zero attached hydrogens (tertiary/aromatic N) is 3. The summed E-state index contributed by atoms with van der Waals surface area (Å²) in [7, 11) is 0. The van der Waals surface area contributed by atoms with E-state index in [0.717, 1.165) is 87.9 Å². The highest BCUT2D eigenvalue weighted by atomic mass is 32.1. The largest absolute Gasteiger partial charge is 0.379 e. The van der Waals surface area contributed by atoms with Gasteiger partial charge in [-0.15, -0.1) is 11.3 Å². The van der Waals surface area contributed by atoms with E-state index in [1.54, 1.807) is 23.5 Å². The molecule has 3 heterocycles. The van der Waals surface area contributed by atoms with Gasteiger partial charge in [0.05, 0.1) is 18.9 Å². The first-order chi connectivity index (χ1) is 17.0. The molecule has 3 fully saturated rings. The molecule has 9 heteroatoms. The predicted molar refractivity (Wildman–Crippen MR) is 138 cm³/mol. The Morgan fingerprint density at radius 1 is 1.03 bits per heavy atom. The normalized spacial score (nSPS) is 21.5. The highest BCUT2D eigenvalue weighted by molar-refractivity contribution is 7.14. The van der Waals surface area contributed by atoms with Crippen LogP contribution in [0.2, 0.25) is 0 Å². The van der Waals surface area contributed by atoms with Gasteiger partial charge in [0, 0.05) is 48.7 Å². The van der Waals surface area contributed by atoms with Crippen LogP contribution in [0, 0.1) is 0 Å². The second-order valence-corrected chi connectivity index (χ2v) is 10.8. The lowest BCUT2D eigenvalue weighted by atomic mass is 9.81. The molecule has 1 aliphatic carbocycles. The monoisotopic (exact) mass is 497 g/mol. The molecule has 0 bridgehead atoms. The van der Waals surface area contributed by atoms with Gasteiger partial charge in [-0.2, -0.15) is 0 Å². The number of nitrogens with two attached hydrogens (primary N) is 1. The number of primary amides is 1. The van der Waals surface area contributed by atoms with Crippen molar-refractivity contribution in [1.82, 2.24) is 15.2 Å². The van der Waals surface area contributed by atoms with Crippen LogP contribution in [0.5, 0.6) is 0 Å². The van der Waals surface area contributed by atoms with Gasteiger partial charge in [0.2, 0.25) is 5.91 Å². The van der Waals surface area contributed by atoms with E-state index in [1.165, 1.54) is 0 Å². The molecule has 2 saturated heterocycles. The van der Waals surface area contributed by atoms with Crippen LogP contribution in [-0.2, 0) is 9.53 Å². The minimum absolute atomic E-state index is 0.251. The number of aromatic nitrogens is 1. The molecule has 2 aromatic rings. The summed E-state index contributed by atoms with van der Waals surface area (Å²) in [6.07, 6.45) is 6.41. The topological polar surface area (TPSA) is 101 Å². The first-order valence-corrected chi connectivity index (χ1v) is 13.7. The van der Waals surface area contributed by atoms with Crippen LogP contribution < -0.4 is 16.0 Å². The number of hydrogen-bond acceptors (Lipinski definition) is 7. The second-order valence-electron chi connectivity index (χ2n) is 9.92. The number of piperidine rings is 1. The lowest BCUT2D eigenvalue weighted by Gasteiger charge is -2.40. The number of carbonyl (C=O) groups excluding carboxylic acids is 2. The minimum atomic E-state index is -0.924. The Kier molecular flexibility index (Phi) is 7.36. The Balaban J connectivity index is 1.19. The number of morpholine rings is 1. The molecule has 3 aliphatic rings. The molecule has 0 unspecified atom stereocenters. The molecule has 3 N–H and O–H groups in total. The van der Waals surface area contributed by atoms with E-state index in [-0.39, 0.29) is 5.91 Å². The molecule has 188 valence electrons. The van der Waals surface area contributed by atoms with E-state index in [4.69, 9.17) is 15.5 Å². The van der Waals surface area contributed by atoms with Crippen molar-refractivity contribution in [2.24, 2.45) is 5.73 Å². The molecule has 0 spiro atoms. The lowest BCUT2D eigenvalue weighted by Crippen LogP contribution is -2.58. The van der Waals surface area contributed by atoms with Crippen LogP contribution in [0.15, 0.2) is 29.6 Å². The Morgan fingerprint density at radius 2 is 1.71 bits per heavy atom. The fraction of sp³-hybridized carbons (Fsp3) is 0.577. The lowest BCUT2D eigenvalue weighted by molar-refractivity contribution is -0.125. The molecule has 2 aliphatic heterocycles. The van der Waals surface area contributed by atoms with Crippen LogP contribution >= 0.6 is 11.3 Å². The molecule has 35 heavy (non-hydrogen) atoms. The van der Waals surface area contributed by atoms with Crippen LogP contribution in [0.4, 0.5) is 5.13 Å². The van der Waals surface area contributed by atoms with Gasteiger partial charge >= 0.3 is 0 Å². The molecule has 5 rings (SSSR count). The number of thiazole rings is 1. The van der Waals surface area contributed by atoms with E-state index in [1.807, 2.05) is 12.1 Å². The van der Waals surface area contributed by atoms with Crippen molar-refractivity contribution in [3.63, 3.8) is 0 Å². The summed E-state index contributed by atoms with van der Waals surface area (Å²) in [5, 5.41) is 6.08. The minimum Gasteiger partial charge on any atom is -0.379 e. The van der Waals surface area contributed by atoms with Crippen molar-refractivity contribution in [3.05, 3.63) is 35.2 Å². The third-order valence-electron chi connectivity index (χ3n) is 7.76. The van der Waals surface area contributed by atoms with E-state index >= 15 is 0 Å². The van der Waals surface area contributed by atoms with E-state index < -0.39 is 11.4 Å². The standard InChI is InChI=1S/C26H35N5O3S/c27-24(33)26(10-2-1-3-11-26)29-23(32)20-6-4-19(5-7-20)22-18-35-25(28-22)31-12-8-21(9-13-31)30-14-16-34-17-15-30/h4-7,18,21H,1-3,8-17H2,(H2,27,33)(H,29,32). The Morgan fingerprint density at radius 3 is 2.37 bits per heavy atom. The first kappa shape index (κ1) is 24.2. The van der Waals surface area contributed by atoms with Crippen LogP contribution in [-0.4, -0.2) is 72.7 Å². The molecule has 1 saturated carbocycles. The van der Waals surface area contributed by atoms with Gasteiger partial charge in [0.1, 0.15) is 5.54 Å². The summed E-state index contributed by atoms with van der Waals surface area (Å²) < 4.78 is 5.49. The number of anilines is 1. The molecule has 1 aromatic carbocycles. The average Bonchev–Trinajstić information content (AvgIpc) is 3.40. The summed E-state index contributed by atoms with van der Waals surface area (Å²) in [6, 6.07) is 8.10. The van der Waals surface area contributed by atoms with Gasteiger partial charge in [-0.3, -0.25) is 14.5 Å². The summed E-state index contributed by atoms with van der Waals surface area (Å²) in [6.45, 7) is 5.84. The summed E-state index contributed by atoms with van der Waals surface area (Å²) >= 11 is 1.67. The maximum absolute atomic E-state index is 12.9. The highest BCUT2D eigenvalue weighted by Gasteiger charge is 2.39. The predicted octanol–water partition coefficient (Wildman–Crippen LogP) is 3.03. The van der Waals surface area contributed by atoms with Gasteiger partial charge in [-0.25, -0.2) is 4.98 Å². The average molecular weight is 498 g/mol. The zero-order valence-corrected chi connectivity index (χ0v) is 21.0. The molecular formula is C26H35N5O3S. The van der Waals surface area contributed by atoms with Crippen molar-refractivity contribution < 1.29 is 14.3 Å². The van der Waals surface area contributed by atoms with Gasteiger partial charge in [-0.1, -0.05) is 31.4 Å². The van der Waals surface area contributed by atoms with Crippen LogP contribution in [0.25, 0.3) is 11.3 Å². The number of amides is 2. The summed E-state index contributed by atoms with van der Waals surface area (Å²) in [5.41, 5.74) is 7.18. The number of nitrogens with one attached hydrogen (secondary N) is 1. The van der Waals surface area contributed by atoms with Crippen molar-refractivity contribution in [2.75, 3.05) is 44.3 Å². The van der Waals surface area contributed by atoms with Gasteiger partial charge in [-0.05, 0) is 37.8 Å². The fourth-order valence-corrected chi connectivity index (χ4v) is 6.47. The molecule has 2 amide bonds. The number of carbonyl (C=O) groups is 2. The van der Waals surface area contributed by atoms with Gasteiger partial charge in [0.15, 0.2) is 5.13 Å². The van der Waals surface area contributed by atoms with Gasteiger partial charge < -0.3 is 20.7 Å². The number of ether oxygens (including phenoxy) is 1. The number of rotatable bonds is 6. The van der Waals surface area contributed by atoms with Crippen molar-refractivity contribution in [3.8, 4) is 11.3 Å². The Bertz CT molecular complexity index is 1020. The van der Waals surface area contributed by atoms with Crippen molar-refractivity contribution >= 4 is 28.3 Å². The van der Waals surface area contributed by atoms with Crippen LogP contribution in [0.3, 0.4) is 0 Å². The Labute approximate surface area is 210 Å². The maximum atomic E-state index is 12.9. The van der Waals surface area contributed by atoms with Crippen molar-refractivity contribution in [1.29, 1.82) is 0 Å². The second kappa shape index (κ2) is 10.6. The Hall–Kier alpha value is -2.49. The SMILES string of the molecule is NC(=O)C1(NC(=O)c2ccc(-c3csc(N4CCC(N5CCOCC5)CC4)n3)cc2)CCCCC1.